The van der Waals surface area contributed by atoms with E-state index in [0.29, 0.717) is 5.92 Å². The van der Waals surface area contributed by atoms with E-state index >= 15 is 0 Å². The molecule has 1 heteroatoms. The Morgan fingerprint density at radius 2 is 2.07 bits per heavy atom. The van der Waals surface area contributed by atoms with Crippen molar-refractivity contribution in [3.63, 3.8) is 0 Å². The van der Waals surface area contributed by atoms with E-state index in [1.165, 1.54) is 18.0 Å². The van der Waals surface area contributed by atoms with Crippen molar-refractivity contribution in [2.24, 2.45) is 11.8 Å². The summed E-state index contributed by atoms with van der Waals surface area (Å²) in [6, 6.07) is 6.17. The second-order valence-electron chi connectivity index (χ2n) is 4.59. The highest BCUT2D eigenvalue weighted by Gasteiger charge is 2.20. The molecule has 0 aliphatic heterocycles. The molecule has 0 fully saturated rings. The monoisotopic (exact) mass is 204 g/mol. The Morgan fingerprint density at radius 3 is 2.53 bits per heavy atom. The van der Waals surface area contributed by atoms with Gasteiger partial charge in [0.15, 0.2) is 0 Å². The fraction of sp³-hybridized carbons (Fsp3) is 0.571. The number of pyridine rings is 1. The molecule has 0 amide bonds. The minimum Gasteiger partial charge on any atom is -0.261 e. The molecule has 1 aromatic rings. The lowest BCUT2D eigenvalue weighted by Crippen LogP contribution is -2.19. The summed E-state index contributed by atoms with van der Waals surface area (Å²) in [5.74, 6) is 2.94. The zero-order valence-electron chi connectivity index (χ0n) is 10.3. The maximum Gasteiger partial charge on any atom is 0.0406 e. The van der Waals surface area contributed by atoms with Crippen molar-refractivity contribution in [3.8, 4) is 0 Å². The molecule has 1 heterocycles. The Bertz CT molecular complexity index is 266. The molecule has 0 saturated carbocycles. The number of hydrogen-bond donors (Lipinski definition) is 0. The van der Waals surface area contributed by atoms with E-state index in [4.69, 9.17) is 0 Å². The Morgan fingerprint density at radius 1 is 1.33 bits per heavy atom. The van der Waals surface area contributed by atoms with Gasteiger partial charge < -0.3 is 0 Å². The summed E-state index contributed by atoms with van der Waals surface area (Å²) < 4.78 is 0. The largest absolute Gasteiger partial charge is 0.261 e. The first-order valence-electron chi connectivity index (χ1n) is 5.85. The molecule has 2 atom stereocenters. The van der Waals surface area contributed by atoms with Crippen molar-refractivity contribution in [3.05, 3.63) is 36.0 Å². The van der Waals surface area contributed by atoms with Crippen LogP contribution in [0.4, 0.5) is 0 Å². The van der Waals surface area contributed by atoms with Crippen LogP contribution in [-0.2, 0) is 6.42 Å². The van der Waals surface area contributed by atoms with Gasteiger partial charge in [0.05, 0.1) is 0 Å². The quantitative estimate of drug-likeness (QED) is 0.709. The fourth-order valence-electron chi connectivity index (χ4n) is 2.00. The highest BCUT2D eigenvalue weighted by atomic mass is 14.7. The van der Waals surface area contributed by atoms with Crippen LogP contribution >= 0.6 is 0 Å². The summed E-state index contributed by atoms with van der Waals surface area (Å²) in [5, 5.41) is 0. The van der Waals surface area contributed by atoms with Gasteiger partial charge in [-0.3, -0.25) is 4.98 Å². The van der Waals surface area contributed by atoms with Gasteiger partial charge in [-0.2, -0.15) is 0 Å². The van der Waals surface area contributed by atoms with Crippen LogP contribution in [0.1, 0.15) is 39.8 Å². The molecule has 2 unspecified atom stereocenters. The minimum atomic E-state index is 0.671. The first kappa shape index (κ1) is 12.2. The molecule has 0 N–H and O–H groups in total. The van der Waals surface area contributed by atoms with Gasteiger partial charge in [-0.15, -0.1) is 0 Å². The van der Waals surface area contributed by atoms with E-state index in [0.717, 1.165) is 12.3 Å². The van der Waals surface area contributed by atoms with E-state index in [9.17, 15) is 0 Å². The van der Waals surface area contributed by atoms with Crippen molar-refractivity contribution >= 4 is 0 Å². The van der Waals surface area contributed by atoms with Crippen LogP contribution in [0.15, 0.2) is 24.4 Å². The Balaban J connectivity index is 2.67. The van der Waals surface area contributed by atoms with Crippen molar-refractivity contribution in [1.29, 1.82) is 0 Å². The molecule has 0 aromatic carbocycles. The summed E-state index contributed by atoms with van der Waals surface area (Å²) in [6.45, 7) is 9.07. The molecule has 1 nitrogen and oxygen atoms in total. The maximum atomic E-state index is 4.40. The van der Waals surface area contributed by atoms with E-state index in [2.05, 4.69) is 44.8 Å². The second-order valence-corrected chi connectivity index (χ2v) is 4.59. The molecule has 0 bridgehead atoms. The predicted octanol–water partition coefficient (Wildman–Crippen LogP) is 3.90. The van der Waals surface area contributed by atoms with E-state index in [1.54, 1.807) is 0 Å². The third-order valence-corrected chi connectivity index (χ3v) is 3.23. The normalized spacial score (nSPS) is 15.3. The molecule has 1 rings (SSSR count). The molecular weight excluding hydrogens is 182 g/mol. The SMILES string of the molecule is CCC(C)C(Cc1ccccn1)[C](C)C. The van der Waals surface area contributed by atoms with Crippen molar-refractivity contribution < 1.29 is 0 Å². The third kappa shape index (κ3) is 3.65. The van der Waals surface area contributed by atoms with Gasteiger partial charge in [0.2, 0.25) is 0 Å². The molecule has 0 aliphatic rings. The van der Waals surface area contributed by atoms with Crippen molar-refractivity contribution in [1.82, 2.24) is 4.98 Å². The van der Waals surface area contributed by atoms with Gasteiger partial charge in [0.1, 0.15) is 0 Å². The summed E-state index contributed by atoms with van der Waals surface area (Å²) in [7, 11) is 0. The highest BCUT2D eigenvalue weighted by molar-refractivity contribution is 5.07. The van der Waals surface area contributed by atoms with Crippen LogP contribution in [-0.4, -0.2) is 4.98 Å². The van der Waals surface area contributed by atoms with Crippen LogP contribution in [0.3, 0.4) is 0 Å². The molecule has 0 aliphatic carbocycles. The molecule has 0 saturated heterocycles. The van der Waals surface area contributed by atoms with Gasteiger partial charge >= 0.3 is 0 Å². The molecule has 1 aromatic heterocycles. The Hall–Kier alpha value is -0.850. The van der Waals surface area contributed by atoms with Gasteiger partial charge in [0.25, 0.3) is 0 Å². The van der Waals surface area contributed by atoms with Crippen LogP contribution in [0.25, 0.3) is 0 Å². The summed E-state index contributed by atoms with van der Waals surface area (Å²) >= 11 is 0. The zero-order chi connectivity index (χ0) is 11.3. The number of hydrogen-bond acceptors (Lipinski definition) is 1. The van der Waals surface area contributed by atoms with Crippen molar-refractivity contribution in [2.75, 3.05) is 0 Å². The second kappa shape index (κ2) is 5.89. The topological polar surface area (TPSA) is 12.9 Å². The average molecular weight is 204 g/mol. The molecule has 15 heavy (non-hydrogen) atoms. The highest BCUT2D eigenvalue weighted by Crippen LogP contribution is 2.27. The lowest BCUT2D eigenvalue weighted by atomic mass is 9.80. The maximum absolute atomic E-state index is 4.40. The van der Waals surface area contributed by atoms with Gasteiger partial charge in [-0.05, 0) is 36.3 Å². The van der Waals surface area contributed by atoms with Gasteiger partial charge in [-0.1, -0.05) is 40.2 Å². The lowest BCUT2D eigenvalue weighted by molar-refractivity contribution is 0.358. The smallest absolute Gasteiger partial charge is 0.0406 e. The Kier molecular flexibility index (Phi) is 4.80. The van der Waals surface area contributed by atoms with Gasteiger partial charge in [0, 0.05) is 11.9 Å². The van der Waals surface area contributed by atoms with Crippen LogP contribution in [0.5, 0.6) is 0 Å². The number of nitrogens with zero attached hydrogens (tertiary/aromatic N) is 1. The van der Waals surface area contributed by atoms with Crippen LogP contribution < -0.4 is 0 Å². The van der Waals surface area contributed by atoms with E-state index < -0.39 is 0 Å². The number of rotatable bonds is 5. The molecule has 1 radical (unpaired) electrons. The molecular formula is C14H22N. The average Bonchev–Trinajstić information content (AvgIpc) is 2.26. The number of aromatic nitrogens is 1. The van der Waals surface area contributed by atoms with Crippen molar-refractivity contribution in [2.45, 2.75) is 40.5 Å². The minimum absolute atomic E-state index is 0.671. The van der Waals surface area contributed by atoms with Crippen LogP contribution in [0, 0.1) is 17.8 Å². The molecule has 83 valence electrons. The lowest BCUT2D eigenvalue weighted by Gasteiger charge is -2.26. The predicted molar refractivity (Wildman–Crippen MR) is 65.5 cm³/mol. The zero-order valence-corrected chi connectivity index (χ0v) is 10.3. The van der Waals surface area contributed by atoms with E-state index in [1.807, 2.05) is 12.3 Å². The standard InChI is InChI=1S/C14H22N/c1-5-12(4)14(11(2)3)10-13-8-6-7-9-15-13/h6-9,12,14H,5,10H2,1-4H3. The first-order valence-corrected chi connectivity index (χ1v) is 5.85. The van der Waals surface area contributed by atoms with E-state index in [-0.39, 0.29) is 0 Å². The summed E-state index contributed by atoms with van der Waals surface area (Å²) in [5.41, 5.74) is 1.21. The summed E-state index contributed by atoms with van der Waals surface area (Å²) in [6.07, 6.45) is 4.20. The molecule has 0 spiro atoms. The summed E-state index contributed by atoms with van der Waals surface area (Å²) in [4.78, 5) is 4.40. The fourth-order valence-corrected chi connectivity index (χ4v) is 2.00. The van der Waals surface area contributed by atoms with Gasteiger partial charge in [-0.25, -0.2) is 0 Å². The Labute approximate surface area is 93.9 Å². The third-order valence-electron chi connectivity index (χ3n) is 3.23. The van der Waals surface area contributed by atoms with Crippen LogP contribution in [0.2, 0.25) is 0 Å². The first-order chi connectivity index (χ1) is 7.15.